The quantitative estimate of drug-likeness (QED) is 0.386. The van der Waals surface area contributed by atoms with Gasteiger partial charge in [0.05, 0.1) is 5.56 Å². The van der Waals surface area contributed by atoms with Crippen molar-refractivity contribution in [2.24, 2.45) is 5.92 Å². The Balaban J connectivity index is 1.59. The van der Waals surface area contributed by atoms with Crippen molar-refractivity contribution in [1.29, 1.82) is 0 Å². The van der Waals surface area contributed by atoms with E-state index in [1.165, 1.54) is 0 Å². The molecule has 0 bridgehead atoms. The summed E-state index contributed by atoms with van der Waals surface area (Å²) in [6.45, 7) is 2.13. The van der Waals surface area contributed by atoms with Gasteiger partial charge in [-0.05, 0) is 48.7 Å². The summed E-state index contributed by atoms with van der Waals surface area (Å²) >= 11 is 12.6. The summed E-state index contributed by atoms with van der Waals surface area (Å²) in [6, 6.07) is 17.3. The molecule has 0 spiro atoms. The molecule has 1 saturated carbocycles. The second-order valence-corrected chi connectivity index (χ2v) is 7.84. The molecule has 0 N–H and O–H groups in total. The molecule has 1 aliphatic rings. The number of benzene rings is 2. The van der Waals surface area contributed by atoms with Gasteiger partial charge in [0.1, 0.15) is 16.1 Å². The van der Waals surface area contributed by atoms with Crippen molar-refractivity contribution in [2.75, 3.05) is 11.9 Å². The van der Waals surface area contributed by atoms with Crippen molar-refractivity contribution in [3.63, 3.8) is 0 Å². The Morgan fingerprint density at radius 1 is 0.964 bits per heavy atom. The van der Waals surface area contributed by atoms with Gasteiger partial charge in [-0.1, -0.05) is 48.3 Å². The van der Waals surface area contributed by atoms with E-state index in [0.29, 0.717) is 17.3 Å². The number of halogens is 2. The molecule has 28 heavy (non-hydrogen) atoms. The highest BCUT2D eigenvalue weighted by Gasteiger charge is 2.37. The first-order valence-electron chi connectivity index (χ1n) is 9.12. The van der Waals surface area contributed by atoms with E-state index >= 15 is 0 Å². The minimum absolute atomic E-state index is 0.115. The Bertz CT molecular complexity index is 999. The minimum atomic E-state index is -0.278. The molecule has 1 unspecified atom stereocenters. The van der Waals surface area contributed by atoms with Crippen molar-refractivity contribution in [2.45, 2.75) is 19.3 Å². The summed E-state index contributed by atoms with van der Waals surface area (Å²) in [5.74, 6) is 1.16. The number of nitrogens with zero attached hydrogens (tertiary/aromatic N) is 3. The average molecular weight is 412 g/mol. The molecule has 0 radical (unpaired) electrons. The van der Waals surface area contributed by atoms with Crippen LogP contribution >= 0.6 is 23.2 Å². The van der Waals surface area contributed by atoms with Gasteiger partial charge in [0, 0.05) is 29.9 Å². The molecule has 0 amide bonds. The topological polar surface area (TPSA) is 46.1 Å². The van der Waals surface area contributed by atoms with Crippen LogP contribution < -0.4 is 4.90 Å². The summed E-state index contributed by atoms with van der Waals surface area (Å²) < 4.78 is 0. The highest BCUT2D eigenvalue weighted by molar-refractivity contribution is 6.39. The second kappa shape index (κ2) is 7.53. The van der Waals surface area contributed by atoms with Crippen LogP contribution in [0.25, 0.3) is 0 Å². The van der Waals surface area contributed by atoms with Gasteiger partial charge in [-0.3, -0.25) is 4.79 Å². The lowest BCUT2D eigenvalue weighted by atomic mass is 10.1. The third kappa shape index (κ3) is 3.62. The van der Waals surface area contributed by atoms with E-state index in [1.807, 2.05) is 54.4 Å². The zero-order valence-corrected chi connectivity index (χ0v) is 17.1. The summed E-state index contributed by atoms with van der Waals surface area (Å²) in [6.07, 6.45) is 1.02. The highest BCUT2D eigenvalue weighted by atomic mass is 35.5. The fourth-order valence-electron chi connectivity index (χ4n) is 3.24. The van der Waals surface area contributed by atoms with Gasteiger partial charge < -0.3 is 4.90 Å². The number of carbonyl (C=O) groups is 1. The Kier molecular flexibility index (Phi) is 5.09. The summed E-state index contributed by atoms with van der Waals surface area (Å²) in [4.78, 5) is 23.6. The van der Waals surface area contributed by atoms with Crippen LogP contribution in [0.4, 0.5) is 11.4 Å². The third-order valence-electron chi connectivity index (χ3n) is 5.17. The maximum absolute atomic E-state index is 12.9. The Hall–Kier alpha value is -2.43. The zero-order chi connectivity index (χ0) is 19.8. The van der Waals surface area contributed by atoms with Crippen LogP contribution in [-0.4, -0.2) is 22.8 Å². The molecule has 3 aromatic rings. The van der Waals surface area contributed by atoms with Gasteiger partial charge in [0.15, 0.2) is 5.78 Å². The van der Waals surface area contributed by atoms with E-state index in [9.17, 15) is 4.79 Å². The van der Waals surface area contributed by atoms with Crippen LogP contribution in [0.2, 0.25) is 10.3 Å². The summed E-state index contributed by atoms with van der Waals surface area (Å²) in [5, 5.41) is 0.231. The van der Waals surface area contributed by atoms with Crippen molar-refractivity contribution in [3.05, 3.63) is 81.9 Å². The van der Waals surface area contributed by atoms with Crippen LogP contribution in [0, 0.1) is 5.92 Å². The van der Waals surface area contributed by atoms with Crippen LogP contribution in [0.5, 0.6) is 0 Å². The van der Waals surface area contributed by atoms with Gasteiger partial charge in [-0.2, -0.15) is 0 Å². The van der Waals surface area contributed by atoms with Crippen LogP contribution in [0.15, 0.2) is 54.6 Å². The van der Waals surface area contributed by atoms with Crippen LogP contribution in [0.3, 0.4) is 0 Å². The monoisotopic (exact) mass is 411 g/mol. The van der Waals surface area contributed by atoms with Crippen molar-refractivity contribution >= 4 is 40.4 Å². The highest BCUT2D eigenvalue weighted by Crippen LogP contribution is 2.46. The lowest BCUT2D eigenvalue weighted by Gasteiger charge is -2.19. The molecular formula is C22H19Cl2N3O. The lowest BCUT2D eigenvalue weighted by molar-refractivity contribution is 0.103. The van der Waals surface area contributed by atoms with Crippen molar-refractivity contribution in [3.8, 4) is 0 Å². The first-order valence-corrected chi connectivity index (χ1v) is 9.87. The molecule has 1 fully saturated rings. The fraction of sp³-hybridized carbons (Fsp3) is 0.227. The van der Waals surface area contributed by atoms with Gasteiger partial charge in [-0.25, -0.2) is 9.97 Å². The maximum Gasteiger partial charge on any atom is 0.199 e. The summed E-state index contributed by atoms with van der Waals surface area (Å²) in [7, 11) is 1.98. The Labute approximate surface area is 174 Å². The Morgan fingerprint density at radius 2 is 1.50 bits per heavy atom. The average Bonchev–Trinajstić information content (AvgIpc) is 3.44. The fourth-order valence-corrected chi connectivity index (χ4v) is 3.81. The van der Waals surface area contributed by atoms with Gasteiger partial charge in [-0.15, -0.1) is 0 Å². The van der Waals surface area contributed by atoms with E-state index in [1.54, 1.807) is 12.1 Å². The molecule has 0 saturated heterocycles. The van der Waals surface area contributed by atoms with Crippen LogP contribution in [-0.2, 0) is 0 Å². The lowest BCUT2D eigenvalue weighted by Crippen LogP contribution is -2.11. The SMILES string of the molecule is CC1C[C@@H]1c1nc(Cl)c(C(=O)c2ccc(N(C)c3ccccc3)cc2)c(Cl)n1. The number of aromatic nitrogens is 2. The third-order valence-corrected chi connectivity index (χ3v) is 5.71. The molecule has 2 aromatic carbocycles. The first kappa shape index (κ1) is 18.9. The number of rotatable bonds is 5. The van der Waals surface area contributed by atoms with Crippen molar-refractivity contribution in [1.82, 2.24) is 9.97 Å². The Morgan fingerprint density at radius 3 is 2.04 bits per heavy atom. The van der Waals surface area contributed by atoms with E-state index in [4.69, 9.17) is 23.2 Å². The molecule has 6 heteroatoms. The number of carbonyl (C=O) groups excluding carboxylic acids is 1. The number of para-hydroxylation sites is 1. The number of anilines is 2. The molecule has 1 aromatic heterocycles. The van der Waals surface area contributed by atoms with Crippen molar-refractivity contribution < 1.29 is 4.79 Å². The number of hydrogen-bond donors (Lipinski definition) is 0. The number of hydrogen-bond acceptors (Lipinski definition) is 4. The van der Waals surface area contributed by atoms with E-state index in [-0.39, 0.29) is 27.6 Å². The van der Waals surface area contributed by atoms with E-state index < -0.39 is 0 Å². The van der Waals surface area contributed by atoms with Crippen LogP contribution in [0.1, 0.15) is 41.0 Å². The number of ketones is 1. The van der Waals surface area contributed by atoms with Gasteiger partial charge >= 0.3 is 0 Å². The largest absolute Gasteiger partial charge is 0.345 e. The van der Waals surface area contributed by atoms with Gasteiger partial charge in [0.25, 0.3) is 0 Å². The van der Waals surface area contributed by atoms with E-state index in [0.717, 1.165) is 17.8 Å². The predicted octanol–water partition coefficient (Wildman–Crippen LogP) is 5.91. The molecular weight excluding hydrogens is 393 g/mol. The maximum atomic E-state index is 12.9. The molecule has 2 atom stereocenters. The smallest absolute Gasteiger partial charge is 0.199 e. The zero-order valence-electron chi connectivity index (χ0n) is 15.6. The second-order valence-electron chi connectivity index (χ2n) is 7.13. The normalized spacial score (nSPS) is 18.0. The molecule has 1 heterocycles. The molecule has 142 valence electrons. The molecule has 4 nitrogen and oxygen atoms in total. The molecule has 1 aliphatic carbocycles. The van der Waals surface area contributed by atoms with Gasteiger partial charge in [0.2, 0.25) is 0 Å². The molecule has 4 rings (SSSR count). The van der Waals surface area contributed by atoms with E-state index in [2.05, 4.69) is 16.9 Å². The standard InChI is InChI=1S/C22H19Cl2N3O/c1-13-12-17(13)22-25-20(23)18(21(24)26-22)19(28)14-8-10-16(11-9-14)27(2)15-6-4-3-5-7-15/h3-11,13,17H,12H2,1-2H3/t13?,17-/m0/s1. The predicted molar refractivity (Wildman–Crippen MR) is 113 cm³/mol. The minimum Gasteiger partial charge on any atom is -0.345 e. The molecule has 0 aliphatic heterocycles. The first-order chi connectivity index (χ1) is 13.5. The summed E-state index contributed by atoms with van der Waals surface area (Å²) in [5.41, 5.74) is 2.68.